The zero-order chi connectivity index (χ0) is 12.3. The number of nitrogens with one attached hydrogen (secondary N) is 2. The van der Waals surface area contributed by atoms with E-state index in [1.54, 1.807) is 0 Å². The van der Waals surface area contributed by atoms with Gasteiger partial charge in [0.05, 0.1) is 0 Å². The lowest BCUT2D eigenvalue weighted by Gasteiger charge is -2.38. The van der Waals surface area contributed by atoms with Crippen LogP contribution in [0.3, 0.4) is 0 Å². The lowest BCUT2D eigenvalue weighted by atomic mass is 9.83. The van der Waals surface area contributed by atoms with Crippen LogP contribution in [0.1, 0.15) is 33.6 Å². The van der Waals surface area contributed by atoms with Crippen molar-refractivity contribution in [2.24, 2.45) is 11.3 Å². The molecule has 1 saturated heterocycles. The van der Waals surface area contributed by atoms with Gasteiger partial charge in [0.2, 0.25) is 0 Å². The summed E-state index contributed by atoms with van der Waals surface area (Å²) >= 11 is 0. The molecule has 2 aliphatic rings. The molecule has 0 radical (unpaired) electrons. The summed E-state index contributed by atoms with van der Waals surface area (Å²) in [6.07, 6.45) is 11.5. The number of hydrogen-bond acceptors (Lipinski definition) is 2. The van der Waals surface area contributed by atoms with Gasteiger partial charge in [0.15, 0.2) is 0 Å². The Hall–Kier alpha value is -0.600. The highest BCUT2D eigenvalue weighted by Gasteiger charge is 2.30. The molecule has 3 unspecified atom stereocenters. The lowest BCUT2D eigenvalue weighted by Crippen LogP contribution is -2.53. The van der Waals surface area contributed by atoms with E-state index in [-0.39, 0.29) is 0 Å². The molecule has 1 aliphatic heterocycles. The minimum atomic E-state index is 0.432. The fourth-order valence-corrected chi connectivity index (χ4v) is 2.68. The minimum absolute atomic E-state index is 0.432. The van der Waals surface area contributed by atoms with Crippen LogP contribution in [0.25, 0.3) is 0 Å². The van der Waals surface area contributed by atoms with E-state index in [9.17, 15) is 0 Å². The van der Waals surface area contributed by atoms with Gasteiger partial charge in [0, 0.05) is 18.0 Å². The first-order chi connectivity index (χ1) is 8.06. The van der Waals surface area contributed by atoms with Crippen molar-refractivity contribution in [1.29, 1.82) is 0 Å². The Morgan fingerprint density at radius 1 is 1.24 bits per heavy atom. The van der Waals surface area contributed by atoms with Crippen LogP contribution in [0.2, 0.25) is 0 Å². The van der Waals surface area contributed by atoms with Crippen LogP contribution >= 0.6 is 0 Å². The molecule has 1 heterocycles. The Kier molecular flexibility index (Phi) is 4.05. The van der Waals surface area contributed by atoms with E-state index in [0.29, 0.717) is 23.4 Å². The monoisotopic (exact) mass is 234 g/mol. The van der Waals surface area contributed by atoms with Crippen molar-refractivity contribution in [1.82, 2.24) is 10.6 Å². The van der Waals surface area contributed by atoms with Crippen molar-refractivity contribution in [3.63, 3.8) is 0 Å². The summed E-state index contributed by atoms with van der Waals surface area (Å²) in [5, 5.41) is 7.33. The summed E-state index contributed by atoms with van der Waals surface area (Å²) < 4.78 is 0. The second-order valence-corrected chi connectivity index (χ2v) is 6.49. The molecule has 1 aliphatic carbocycles. The molecule has 0 aromatic carbocycles. The van der Waals surface area contributed by atoms with Crippen LogP contribution in [0.15, 0.2) is 24.3 Å². The van der Waals surface area contributed by atoms with E-state index in [0.717, 1.165) is 13.1 Å². The smallest absolute Gasteiger partial charge is 0.0331 e. The molecule has 2 N–H and O–H groups in total. The highest BCUT2D eigenvalue weighted by atomic mass is 15.0. The third kappa shape index (κ3) is 3.68. The first kappa shape index (κ1) is 12.8. The maximum Gasteiger partial charge on any atom is 0.0331 e. The maximum absolute atomic E-state index is 3.75. The van der Waals surface area contributed by atoms with Gasteiger partial charge in [-0.1, -0.05) is 45.1 Å². The Balaban J connectivity index is 1.83. The summed E-state index contributed by atoms with van der Waals surface area (Å²) in [7, 11) is 0. The molecule has 0 spiro atoms. The van der Waals surface area contributed by atoms with Gasteiger partial charge in [-0.05, 0) is 31.3 Å². The van der Waals surface area contributed by atoms with Crippen molar-refractivity contribution < 1.29 is 0 Å². The maximum atomic E-state index is 3.75. The first-order valence-corrected chi connectivity index (χ1v) is 6.88. The van der Waals surface area contributed by atoms with Gasteiger partial charge in [-0.15, -0.1) is 0 Å². The molecule has 0 aromatic rings. The quantitative estimate of drug-likeness (QED) is 0.784. The summed E-state index contributed by atoms with van der Waals surface area (Å²) in [5.41, 5.74) is 0.432. The van der Waals surface area contributed by atoms with Crippen molar-refractivity contribution >= 4 is 0 Å². The standard InChI is InChI=1S/C15H26N2/c1-15(2,3)9-11-17-14-8-10-16-13-7-5-4-6-12(13)14/h4-7,12-14,16-17H,8-11H2,1-3H3. The minimum Gasteiger partial charge on any atom is -0.313 e. The summed E-state index contributed by atoms with van der Waals surface area (Å²) in [5.74, 6) is 0.633. The molecule has 3 atom stereocenters. The Morgan fingerprint density at radius 3 is 2.76 bits per heavy atom. The van der Waals surface area contributed by atoms with Crippen molar-refractivity contribution in [2.75, 3.05) is 13.1 Å². The Morgan fingerprint density at radius 2 is 2.00 bits per heavy atom. The molecule has 2 rings (SSSR count). The zero-order valence-electron chi connectivity index (χ0n) is 11.4. The Bertz CT molecular complexity index is 299. The molecule has 2 nitrogen and oxygen atoms in total. The third-order valence-corrected chi connectivity index (χ3v) is 3.76. The molecule has 96 valence electrons. The van der Waals surface area contributed by atoms with Crippen LogP contribution in [-0.2, 0) is 0 Å². The van der Waals surface area contributed by atoms with Gasteiger partial charge in [0.25, 0.3) is 0 Å². The number of fused-ring (bicyclic) bond motifs is 1. The van der Waals surface area contributed by atoms with E-state index < -0.39 is 0 Å². The van der Waals surface area contributed by atoms with E-state index in [1.807, 2.05) is 0 Å². The van der Waals surface area contributed by atoms with Crippen LogP contribution in [0.5, 0.6) is 0 Å². The third-order valence-electron chi connectivity index (χ3n) is 3.76. The fraction of sp³-hybridized carbons (Fsp3) is 0.733. The number of hydrogen-bond donors (Lipinski definition) is 2. The molecule has 17 heavy (non-hydrogen) atoms. The normalized spacial score (nSPS) is 32.5. The second kappa shape index (κ2) is 5.36. The van der Waals surface area contributed by atoms with Crippen LogP contribution in [0, 0.1) is 11.3 Å². The topological polar surface area (TPSA) is 24.1 Å². The SMILES string of the molecule is CC(C)(C)CCNC1CCNC2C=CC=CC21. The van der Waals surface area contributed by atoms with Gasteiger partial charge in [-0.25, -0.2) is 0 Å². The highest BCUT2D eigenvalue weighted by molar-refractivity contribution is 5.20. The van der Waals surface area contributed by atoms with E-state index in [1.165, 1.54) is 12.8 Å². The summed E-state index contributed by atoms with van der Waals surface area (Å²) in [6, 6.07) is 1.19. The molecule has 2 heteroatoms. The van der Waals surface area contributed by atoms with Crippen LogP contribution in [0.4, 0.5) is 0 Å². The second-order valence-electron chi connectivity index (χ2n) is 6.49. The van der Waals surface area contributed by atoms with E-state index in [2.05, 4.69) is 55.7 Å². The predicted octanol–water partition coefficient (Wildman–Crippen LogP) is 2.48. The first-order valence-electron chi connectivity index (χ1n) is 6.88. The number of piperidine rings is 1. The number of rotatable bonds is 3. The van der Waals surface area contributed by atoms with Crippen LogP contribution < -0.4 is 10.6 Å². The lowest BCUT2D eigenvalue weighted by molar-refractivity contribution is 0.265. The fourth-order valence-electron chi connectivity index (χ4n) is 2.68. The molecular formula is C15H26N2. The summed E-state index contributed by atoms with van der Waals surface area (Å²) in [4.78, 5) is 0. The Labute approximate surface area is 106 Å². The molecular weight excluding hydrogens is 208 g/mol. The van der Waals surface area contributed by atoms with Crippen LogP contribution in [-0.4, -0.2) is 25.2 Å². The van der Waals surface area contributed by atoms with Gasteiger partial charge in [-0.2, -0.15) is 0 Å². The average Bonchev–Trinajstić information content (AvgIpc) is 2.28. The molecule has 0 aromatic heterocycles. The molecule has 0 saturated carbocycles. The predicted molar refractivity (Wildman–Crippen MR) is 74.0 cm³/mol. The average molecular weight is 234 g/mol. The van der Waals surface area contributed by atoms with E-state index in [4.69, 9.17) is 0 Å². The van der Waals surface area contributed by atoms with E-state index >= 15 is 0 Å². The van der Waals surface area contributed by atoms with Gasteiger partial charge >= 0.3 is 0 Å². The highest BCUT2D eigenvalue weighted by Crippen LogP contribution is 2.23. The number of allylic oxidation sites excluding steroid dienone is 2. The van der Waals surface area contributed by atoms with Crippen molar-refractivity contribution in [2.45, 2.75) is 45.7 Å². The molecule has 1 fully saturated rings. The molecule has 0 bridgehead atoms. The summed E-state index contributed by atoms with van der Waals surface area (Å²) in [6.45, 7) is 9.19. The molecule has 0 amide bonds. The van der Waals surface area contributed by atoms with Crippen molar-refractivity contribution in [3.8, 4) is 0 Å². The van der Waals surface area contributed by atoms with Gasteiger partial charge in [0.1, 0.15) is 0 Å². The largest absolute Gasteiger partial charge is 0.313 e. The van der Waals surface area contributed by atoms with Gasteiger partial charge < -0.3 is 10.6 Å². The zero-order valence-corrected chi connectivity index (χ0v) is 11.4. The van der Waals surface area contributed by atoms with Crippen molar-refractivity contribution in [3.05, 3.63) is 24.3 Å². The van der Waals surface area contributed by atoms with Gasteiger partial charge in [-0.3, -0.25) is 0 Å².